The number of aryl methyl sites for hydroxylation is 1. The highest BCUT2D eigenvalue weighted by molar-refractivity contribution is 9.10. The summed E-state index contributed by atoms with van der Waals surface area (Å²) in [4.78, 5) is 4.36. The van der Waals surface area contributed by atoms with Gasteiger partial charge in [0.1, 0.15) is 30.1 Å². The zero-order valence-corrected chi connectivity index (χ0v) is 16.4. The van der Waals surface area contributed by atoms with Gasteiger partial charge in [0.05, 0.1) is 10.5 Å². The van der Waals surface area contributed by atoms with Crippen molar-refractivity contribution >= 4 is 15.9 Å². The van der Waals surface area contributed by atoms with Gasteiger partial charge >= 0.3 is 0 Å². The van der Waals surface area contributed by atoms with Gasteiger partial charge in [-0.05, 0) is 45.8 Å². The van der Waals surface area contributed by atoms with Crippen molar-refractivity contribution in [2.45, 2.75) is 12.1 Å². The van der Waals surface area contributed by atoms with E-state index in [4.69, 9.17) is 4.74 Å². The van der Waals surface area contributed by atoms with Crippen LogP contribution in [0.15, 0.2) is 65.4 Å². The molecular weight excluding hydrogens is 413 g/mol. The highest BCUT2D eigenvalue weighted by Gasteiger charge is 2.20. The normalized spacial score (nSPS) is 13.3. The number of rotatable bonds is 8. The molecule has 7 heteroatoms. The number of nitrogens with zero attached hydrogens (tertiary/aromatic N) is 2. The summed E-state index contributed by atoms with van der Waals surface area (Å²) in [7, 11) is 1.88. The largest absolute Gasteiger partial charge is 0.490 e. The fraction of sp³-hybridized carbons (Fsp3) is 0.250. The highest BCUT2D eigenvalue weighted by Crippen LogP contribution is 2.24. The van der Waals surface area contributed by atoms with Gasteiger partial charge in [0.15, 0.2) is 0 Å². The number of para-hydroxylation sites is 1. The molecule has 2 N–H and O–H groups in total. The summed E-state index contributed by atoms with van der Waals surface area (Å²) in [5.74, 6) is 1.09. The van der Waals surface area contributed by atoms with Crippen LogP contribution in [0.3, 0.4) is 0 Å². The van der Waals surface area contributed by atoms with Gasteiger partial charge in [-0.2, -0.15) is 0 Å². The van der Waals surface area contributed by atoms with Crippen LogP contribution >= 0.6 is 15.9 Å². The molecule has 2 unspecified atom stereocenters. The number of hydrogen-bond donors (Lipinski definition) is 2. The Morgan fingerprint density at radius 2 is 2.07 bits per heavy atom. The minimum Gasteiger partial charge on any atom is -0.490 e. The first kappa shape index (κ1) is 19.5. The van der Waals surface area contributed by atoms with Crippen LogP contribution in [0, 0.1) is 5.82 Å². The number of imidazole rings is 1. The number of hydrogen-bond acceptors (Lipinski definition) is 4. The van der Waals surface area contributed by atoms with E-state index in [0.29, 0.717) is 5.75 Å². The van der Waals surface area contributed by atoms with E-state index in [1.54, 1.807) is 12.3 Å². The van der Waals surface area contributed by atoms with Crippen molar-refractivity contribution in [1.82, 2.24) is 14.9 Å². The van der Waals surface area contributed by atoms with Crippen molar-refractivity contribution in [3.63, 3.8) is 0 Å². The minimum atomic E-state index is -0.742. The van der Waals surface area contributed by atoms with Gasteiger partial charge in [-0.25, -0.2) is 9.37 Å². The lowest BCUT2D eigenvalue weighted by atomic mass is 10.1. The van der Waals surface area contributed by atoms with Crippen LogP contribution in [-0.4, -0.2) is 33.9 Å². The number of halogens is 2. The average molecular weight is 434 g/mol. The Kier molecular flexibility index (Phi) is 6.60. The van der Waals surface area contributed by atoms with Crippen molar-refractivity contribution in [3.05, 3.63) is 82.6 Å². The highest BCUT2D eigenvalue weighted by atomic mass is 79.9. The molecular formula is C20H21BrFN3O2. The SMILES string of the molecule is Cn1ccnc1C(NCC(O)COc1ccccc1Br)c1cccc(F)c1. The molecule has 0 bridgehead atoms. The fourth-order valence-corrected chi connectivity index (χ4v) is 3.16. The Labute approximate surface area is 165 Å². The van der Waals surface area contributed by atoms with E-state index < -0.39 is 6.10 Å². The van der Waals surface area contributed by atoms with Gasteiger partial charge in [-0.1, -0.05) is 24.3 Å². The lowest BCUT2D eigenvalue weighted by molar-refractivity contribution is 0.104. The molecule has 3 aromatic rings. The Morgan fingerprint density at radius 1 is 1.26 bits per heavy atom. The van der Waals surface area contributed by atoms with E-state index in [0.717, 1.165) is 15.9 Å². The Morgan fingerprint density at radius 3 is 2.78 bits per heavy atom. The predicted molar refractivity (Wildman–Crippen MR) is 105 cm³/mol. The van der Waals surface area contributed by atoms with Crippen molar-refractivity contribution < 1.29 is 14.2 Å². The average Bonchev–Trinajstić information content (AvgIpc) is 3.07. The van der Waals surface area contributed by atoms with Gasteiger partial charge in [0.25, 0.3) is 0 Å². The zero-order valence-electron chi connectivity index (χ0n) is 14.8. The second-order valence-electron chi connectivity index (χ2n) is 6.19. The number of aliphatic hydroxyl groups excluding tert-OH is 1. The van der Waals surface area contributed by atoms with Crippen LogP contribution in [0.25, 0.3) is 0 Å². The monoisotopic (exact) mass is 433 g/mol. The second kappa shape index (κ2) is 9.12. The molecule has 0 spiro atoms. The van der Waals surface area contributed by atoms with E-state index >= 15 is 0 Å². The number of nitrogens with one attached hydrogen (secondary N) is 1. The molecule has 1 aromatic heterocycles. The molecule has 0 aliphatic heterocycles. The molecule has 0 amide bonds. The summed E-state index contributed by atoms with van der Waals surface area (Å²) < 4.78 is 22.0. The summed E-state index contributed by atoms with van der Waals surface area (Å²) in [5.41, 5.74) is 0.739. The maximum absolute atomic E-state index is 13.7. The maximum Gasteiger partial charge on any atom is 0.133 e. The molecule has 142 valence electrons. The third-order valence-corrected chi connectivity index (χ3v) is 4.78. The third-order valence-electron chi connectivity index (χ3n) is 4.12. The van der Waals surface area contributed by atoms with E-state index in [1.807, 2.05) is 48.1 Å². The molecule has 2 aromatic carbocycles. The first-order chi connectivity index (χ1) is 13.0. The van der Waals surface area contributed by atoms with Gasteiger partial charge in [0, 0.05) is 26.0 Å². The molecule has 0 saturated carbocycles. The molecule has 5 nitrogen and oxygen atoms in total. The summed E-state index contributed by atoms with van der Waals surface area (Å²) in [6.07, 6.45) is 2.78. The molecule has 0 aliphatic rings. The fourth-order valence-electron chi connectivity index (χ4n) is 2.76. The summed E-state index contributed by atoms with van der Waals surface area (Å²) in [6.45, 7) is 0.393. The number of aliphatic hydroxyl groups is 1. The second-order valence-corrected chi connectivity index (χ2v) is 7.04. The van der Waals surface area contributed by atoms with Crippen LogP contribution in [0.5, 0.6) is 5.75 Å². The molecule has 2 atom stereocenters. The zero-order chi connectivity index (χ0) is 19.2. The number of ether oxygens (including phenoxy) is 1. The van der Waals surface area contributed by atoms with Crippen LogP contribution in [0.4, 0.5) is 4.39 Å². The minimum absolute atomic E-state index is 0.131. The van der Waals surface area contributed by atoms with Crippen molar-refractivity contribution in [2.24, 2.45) is 7.05 Å². The van der Waals surface area contributed by atoms with Crippen molar-refractivity contribution in [3.8, 4) is 5.75 Å². The van der Waals surface area contributed by atoms with E-state index in [-0.39, 0.29) is 25.0 Å². The van der Waals surface area contributed by atoms with Crippen molar-refractivity contribution in [1.29, 1.82) is 0 Å². The lowest BCUT2D eigenvalue weighted by Gasteiger charge is -2.21. The molecule has 0 saturated heterocycles. The summed E-state index contributed by atoms with van der Waals surface area (Å²) in [6, 6.07) is 13.5. The molecule has 3 rings (SSSR count). The Balaban J connectivity index is 1.66. The van der Waals surface area contributed by atoms with Crippen molar-refractivity contribution in [2.75, 3.05) is 13.2 Å². The van der Waals surface area contributed by atoms with E-state index in [1.165, 1.54) is 12.1 Å². The lowest BCUT2D eigenvalue weighted by Crippen LogP contribution is -2.35. The van der Waals surface area contributed by atoms with Gasteiger partial charge in [-0.15, -0.1) is 0 Å². The first-order valence-electron chi connectivity index (χ1n) is 8.56. The maximum atomic E-state index is 13.7. The Bertz CT molecular complexity index is 887. The van der Waals surface area contributed by atoms with Crippen LogP contribution in [-0.2, 0) is 7.05 Å². The smallest absolute Gasteiger partial charge is 0.133 e. The first-order valence-corrected chi connectivity index (χ1v) is 9.35. The molecule has 27 heavy (non-hydrogen) atoms. The Hall–Kier alpha value is -2.22. The van der Waals surface area contributed by atoms with Gasteiger partial charge in [0.2, 0.25) is 0 Å². The van der Waals surface area contributed by atoms with E-state index in [9.17, 15) is 9.50 Å². The molecule has 0 radical (unpaired) electrons. The van der Waals surface area contributed by atoms with Crippen LogP contribution < -0.4 is 10.1 Å². The van der Waals surface area contributed by atoms with Crippen LogP contribution in [0.2, 0.25) is 0 Å². The number of benzene rings is 2. The van der Waals surface area contributed by atoms with E-state index in [2.05, 4.69) is 26.2 Å². The standard InChI is InChI=1S/C20H21BrFN3O2/c1-25-10-9-23-20(25)19(14-5-4-6-15(22)11-14)24-12-16(26)13-27-18-8-3-2-7-17(18)21/h2-11,16,19,24,26H,12-13H2,1H3. The topological polar surface area (TPSA) is 59.3 Å². The summed E-state index contributed by atoms with van der Waals surface area (Å²) in [5, 5.41) is 13.6. The van der Waals surface area contributed by atoms with Gasteiger partial charge < -0.3 is 19.7 Å². The molecule has 0 aliphatic carbocycles. The van der Waals surface area contributed by atoms with Crippen LogP contribution in [0.1, 0.15) is 17.4 Å². The quantitative estimate of drug-likeness (QED) is 0.571. The summed E-state index contributed by atoms with van der Waals surface area (Å²) >= 11 is 3.41. The van der Waals surface area contributed by atoms with Gasteiger partial charge in [-0.3, -0.25) is 0 Å². The molecule has 0 fully saturated rings. The number of aromatic nitrogens is 2. The third kappa shape index (κ3) is 5.15. The molecule has 1 heterocycles. The predicted octanol–water partition coefficient (Wildman–Crippen LogP) is 3.44.